The van der Waals surface area contributed by atoms with Gasteiger partial charge in [-0.1, -0.05) is 6.08 Å². The number of aliphatic carboxylic acids is 1. The first-order valence-corrected chi connectivity index (χ1v) is 7.36. The monoisotopic (exact) mass is 288 g/mol. The lowest BCUT2D eigenvalue weighted by atomic mass is 9.97. The normalized spacial score (nSPS) is 24.1. The third-order valence-electron chi connectivity index (χ3n) is 3.36. The number of nitrogens with zero attached hydrogens (tertiary/aromatic N) is 2. The zero-order chi connectivity index (χ0) is 14.3. The molecule has 3 aliphatic rings. The summed E-state index contributed by atoms with van der Waals surface area (Å²) in [5.41, 5.74) is 1.52. The van der Waals surface area contributed by atoms with E-state index in [2.05, 4.69) is 4.99 Å². The fraction of sp³-hybridized carbons (Fsp3) is 0.214. The molecule has 0 saturated carbocycles. The van der Waals surface area contributed by atoms with Crippen molar-refractivity contribution in [2.45, 2.75) is 5.25 Å². The number of carboxylic acid groups (broad SMARTS) is 1. The van der Waals surface area contributed by atoms with Gasteiger partial charge in [-0.05, 0) is 24.5 Å². The van der Waals surface area contributed by atoms with Gasteiger partial charge in [0, 0.05) is 11.8 Å². The number of amidine groups is 1. The molecule has 0 aromatic rings. The molecule has 0 radical (unpaired) electrons. The minimum absolute atomic E-state index is 0.0534. The van der Waals surface area contributed by atoms with Crippen LogP contribution in [0, 0.1) is 0 Å². The van der Waals surface area contributed by atoms with Crippen molar-refractivity contribution >= 4 is 29.4 Å². The molecule has 0 fully saturated rings. The van der Waals surface area contributed by atoms with Crippen LogP contribution in [0.2, 0.25) is 0 Å². The predicted octanol–water partition coefficient (Wildman–Crippen LogP) is 1.36. The van der Waals surface area contributed by atoms with Crippen LogP contribution < -0.4 is 0 Å². The summed E-state index contributed by atoms with van der Waals surface area (Å²) in [6.07, 6.45) is 10.3. The van der Waals surface area contributed by atoms with Gasteiger partial charge in [0.25, 0.3) is 0 Å². The molecule has 5 nitrogen and oxygen atoms in total. The van der Waals surface area contributed by atoms with Crippen molar-refractivity contribution in [1.82, 2.24) is 4.90 Å². The molecule has 102 valence electrons. The Hall–Kier alpha value is -2.08. The minimum atomic E-state index is -0.989. The van der Waals surface area contributed by atoms with Crippen molar-refractivity contribution in [3.63, 3.8) is 0 Å². The highest BCUT2D eigenvalue weighted by molar-refractivity contribution is 8.00. The van der Waals surface area contributed by atoms with Crippen LogP contribution in [0.25, 0.3) is 0 Å². The number of Topliss-reactive ketones (excluding diaryl/α,β-unsaturated/α-hetero) is 1. The zero-order valence-electron chi connectivity index (χ0n) is 10.7. The Morgan fingerprint density at radius 2 is 2.25 bits per heavy atom. The zero-order valence-corrected chi connectivity index (χ0v) is 11.6. The van der Waals surface area contributed by atoms with Crippen LogP contribution in [0.4, 0.5) is 0 Å². The Balaban J connectivity index is 1.96. The smallest absolute Gasteiger partial charge is 0.337 e. The number of allylic oxidation sites excluding steroid dienone is 1. The Bertz CT molecular complexity index is 655. The molecule has 2 aliphatic heterocycles. The molecule has 1 aliphatic carbocycles. The second-order valence-corrected chi connectivity index (χ2v) is 5.54. The number of rotatable bonds is 2. The maximum absolute atomic E-state index is 12.3. The molecule has 1 atom stereocenters. The molecule has 0 amide bonds. The number of hydrogen-bond acceptors (Lipinski definition) is 5. The quantitative estimate of drug-likeness (QED) is 0.831. The summed E-state index contributed by atoms with van der Waals surface area (Å²) in [7, 11) is 0. The van der Waals surface area contributed by atoms with Gasteiger partial charge in [0.05, 0.1) is 23.1 Å². The first-order valence-electron chi connectivity index (χ1n) is 6.07. The maximum atomic E-state index is 12.3. The van der Waals surface area contributed by atoms with E-state index in [-0.39, 0.29) is 16.6 Å². The molecule has 3 rings (SSSR count). The van der Waals surface area contributed by atoms with Gasteiger partial charge in [-0.3, -0.25) is 4.79 Å². The largest absolute Gasteiger partial charge is 0.478 e. The lowest BCUT2D eigenvalue weighted by Crippen LogP contribution is -2.37. The average molecular weight is 288 g/mol. The van der Waals surface area contributed by atoms with Crippen LogP contribution in [0.15, 0.2) is 52.3 Å². The van der Waals surface area contributed by atoms with Gasteiger partial charge in [-0.2, -0.15) is 0 Å². The Kier molecular flexibility index (Phi) is 3.10. The van der Waals surface area contributed by atoms with Crippen molar-refractivity contribution in [1.29, 1.82) is 0 Å². The predicted molar refractivity (Wildman–Crippen MR) is 77.5 cm³/mol. The van der Waals surface area contributed by atoms with Crippen molar-refractivity contribution in [2.24, 2.45) is 4.99 Å². The van der Waals surface area contributed by atoms with Gasteiger partial charge in [0.15, 0.2) is 5.78 Å². The SMILES string of the molecule is CSC1C=CC2=C(CN3C=C(C(=O)O)C=CC3=N2)C1=O. The highest BCUT2D eigenvalue weighted by Gasteiger charge is 2.31. The lowest BCUT2D eigenvalue weighted by molar-refractivity contribution is -0.132. The number of fused-ring (bicyclic) bond motifs is 1. The number of aliphatic imine (C=N–C) groups is 1. The fourth-order valence-electron chi connectivity index (χ4n) is 2.30. The number of thioether (sulfide) groups is 1. The summed E-state index contributed by atoms with van der Waals surface area (Å²) in [5.74, 6) is -0.275. The standard InChI is InChI=1S/C14H12N2O3S/c1-20-11-4-3-10-9(13(11)17)7-16-6-8(14(18)19)2-5-12(16)15-10/h2-6,11H,7H2,1H3,(H,18,19). The summed E-state index contributed by atoms with van der Waals surface area (Å²) in [5, 5.41) is 8.84. The topological polar surface area (TPSA) is 70.0 Å². The molecule has 20 heavy (non-hydrogen) atoms. The molecule has 0 spiro atoms. The van der Waals surface area contributed by atoms with Crippen molar-refractivity contribution < 1.29 is 14.7 Å². The van der Waals surface area contributed by atoms with Crippen LogP contribution in [0.3, 0.4) is 0 Å². The van der Waals surface area contributed by atoms with E-state index in [9.17, 15) is 9.59 Å². The van der Waals surface area contributed by atoms with Crippen LogP contribution in [0.1, 0.15) is 0 Å². The number of carboxylic acids is 1. The van der Waals surface area contributed by atoms with Gasteiger partial charge < -0.3 is 10.0 Å². The number of carbonyl (C=O) groups excluding carboxylic acids is 1. The minimum Gasteiger partial charge on any atom is -0.478 e. The van der Waals surface area contributed by atoms with Crippen molar-refractivity contribution in [3.05, 3.63) is 47.3 Å². The number of carbonyl (C=O) groups is 2. The maximum Gasteiger partial charge on any atom is 0.337 e. The second-order valence-electron chi connectivity index (χ2n) is 4.56. The molecule has 2 heterocycles. The van der Waals surface area contributed by atoms with E-state index in [1.165, 1.54) is 24.0 Å². The first kappa shape index (κ1) is 12.9. The van der Waals surface area contributed by atoms with Gasteiger partial charge in [-0.25, -0.2) is 9.79 Å². The summed E-state index contributed by atoms with van der Waals surface area (Å²) >= 11 is 1.48. The molecule has 0 saturated heterocycles. The molecule has 6 heteroatoms. The van der Waals surface area contributed by atoms with Crippen LogP contribution in [-0.2, 0) is 9.59 Å². The van der Waals surface area contributed by atoms with Crippen LogP contribution in [-0.4, -0.2) is 45.6 Å². The van der Waals surface area contributed by atoms with Gasteiger partial charge in [0.1, 0.15) is 5.84 Å². The van der Waals surface area contributed by atoms with Crippen LogP contribution in [0.5, 0.6) is 0 Å². The third-order valence-corrected chi connectivity index (χ3v) is 4.24. The molecule has 0 aromatic carbocycles. The summed E-state index contributed by atoms with van der Waals surface area (Å²) in [6, 6.07) is 0. The van der Waals surface area contributed by atoms with E-state index in [1.807, 2.05) is 18.4 Å². The Morgan fingerprint density at radius 1 is 1.45 bits per heavy atom. The molecule has 0 aromatic heterocycles. The summed E-state index contributed by atoms with van der Waals surface area (Å²) < 4.78 is 0. The van der Waals surface area contributed by atoms with E-state index in [4.69, 9.17) is 5.11 Å². The number of hydrogen-bond donors (Lipinski definition) is 1. The Morgan fingerprint density at radius 3 is 2.95 bits per heavy atom. The molecule has 1 unspecified atom stereocenters. The van der Waals surface area contributed by atoms with E-state index in [0.717, 1.165) is 0 Å². The summed E-state index contributed by atoms with van der Waals surface area (Å²) in [6.45, 7) is 0.371. The second kappa shape index (κ2) is 4.79. The molecular weight excluding hydrogens is 276 g/mol. The van der Waals surface area contributed by atoms with Crippen molar-refractivity contribution in [2.75, 3.05) is 12.8 Å². The van der Waals surface area contributed by atoms with Crippen LogP contribution >= 0.6 is 11.8 Å². The highest BCUT2D eigenvalue weighted by atomic mass is 32.2. The molecule has 0 bridgehead atoms. The fourth-order valence-corrected chi connectivity index (χ4v) is 2.89. The van der Waals surface area contributed by atoms with Gasteiger partial charge in [-0.15, -0.1) is 11.8 Å². The highest BCUT2D eigenvalue weighted by Crippen LogP contribution is 2.29. The molecular formula is C14H12N2O3S. The third kappa shape index (κ3) is 2.02. The first-order chi connectivity index (χ1) is 9.60. The molecule has 1 N–H and O–H groups in total. The lowest BCUT2D eigenvalue weighted by Gasteiger charge is -2.31. The van der Waals surface area contributed by atoms with E-state index in [1.54, 1.807) is 11.0 Å². The van der Waals surface area contributed by atoms with Gasteiger partial charge >= 0.3 is 5.97 Å². The summed E-state index contributed by atoms with van der Waals surface area (Å²) in [4.78, 5) is 29.4. The van der Waals surface area contributed by atoms with E-state index < -0.39 is 5.97 Å². The van der Waals surface area contributed by atoms with Crippen molar-refractivity contribution in [3.8, 4) is 0 Å². The number of ketones is 1. The van der Waals surface area contributed by atoms with E-state index in [0.29, 0.717) is 23.7 Å². The van der Waals surface area contributed by atoms with E-state index >= 15 is 0 Å². The average Bonchev–Trinajstić information content (AvgIpc) is 2.45. The Labute approximate surface area is 120 Å². The van der Waals surface area contributed by atoms with Gasteiger partial charge in [0.2, 0.25) is 0 Å².